The highest BCUT2D eigenvalue weighted by molar-refractivity contribution is 6.36. The largest absolute Gasteiger partial charge is 0.359 e. The molecule has 2 aromatic carbocycles. The highest BCUT2D eigenvalue weighted by Gasteiger charge is 2.28. The number of nitrogens with zero attached hydrogens (tertiary/aromatic N) is 1. The maximum atomic E-state index is 13.9. The Kier molecular flexibility index (Phi) is 6.51. The minimum absolute atomic E-state index is 0.0421. The summed E-state index contributed by atoms with van der Waals surface area (Å²) in [7, 11) is 0. The molecule has 6 nitrogen and oxygen atoms in total. The third-order valence-corrected chi connectivity index (χ3v) is 6.62. The number of rotatable bonds is 7. The molecule has 1 saturated heterocycles. The van der Waals surface area contributed by atoms with Crippen LogP contribution in [0.25, 0.3) is 22.8 Å². The van der Waals surface area contributed by atoms with Crippen LogP contribution in [-0.2, 0) is 16.0 Å². The van der Waals surface area contributed by atoms with E-state index >= 15 is 0 Å². The van der Waals surface area contributed by atoms with Gasteiger partial charge in [-0.3, -0.25) is 9.59 Å². The molecule has 35 heavy (non-hydrogen) atoms. The molecule has 3 N–H and O–H groups in total. The SMILES string of the molecule is Cc1cc(CC(=O)NCCN2CCCC2)c(C=C2C(=O)Nc3cccc(-c4cccc(F)c4)c32)[nH]1. The molecule has 7 heteroatoms. The average molecular weight is 473 g/mol. The van der Waals surface area contributed by atoms with E-state index in [1.54, 1.807) is 12.1 Å². The Hall–Kier alpha value is -3.71. The van der Waals surface area contributed by atoms with Crippen molar-refractivity contribution in [3.63, 3.8) is 0 Å². The first-order chi connectivity index (χ1) is 17.0. The Morgan fingerprint density at radius 2 is 1.94 bits per heavy atom. The molecule has 3 heterocycles. The van der Waals surface area contributed by atoms with Gasteiger partial charge in [-0.1, -0.05) is 24.3 Å². The van der Waals surface area contributed by atoms with Crippen LogP contribution < -0.4 is 10.6 Å². The molecule has 180 valence electrons. The lowest BCUT2D eigenvalue weighted by molar-refractivity contribution is -0.120. The first-order valence-corrected chi connectivity index (χ1v) is 12.1. The van der Waals surface area contributed by atoms with Crippen LogP contribution >= 0.6 is 0 Å². The number of halogens is 1. The van der Waals surface area contributed by atoms with Gasteiger partial charge in [0, 0.05) is 35.7 Å². The fourth-order valence-electron chi connectivity index (χ4n) is 4.97. The number of hydrogen-bond donors (Lipinski definition) is 3. The standard InChI is InChI=1S/C28H29FN4O2/c1-18-14-20(16-26(34)30-10-13-33-11-2-3-12-33)25(31-18)17-23-27-22(19-6-4-7-21(29)15-19)8-5-9-24(27)32-28(23)35/h4-9,14-15,17,31H,2-3,10-13,16H2,1H3,(H,30,34)(H,32,35). The zero-order valence-corrected chi connectivity index (χ0v) is 19.8. The number of likely N-dealkylation sites (tertiary alicyclic amines) is 1. The van der Waals surface area contributed by atoms with Gasteiger partial charge in [-0.05, 0) is 79.9 Å². The molecule has 0 bridgehead atoms. The number of amides is 2. The third-order valence-electron chi connectivity index (χ3n) is 6.62. The predicted molar refractivity (Wildman–Crippen MR) is 136 cm³/mol. The van der Waals surface area contributed by atoms with Crippen molar-refractivity contribution in [3.05, 3.63) is 76.9 Å². The van der Waals surface area contributed by atoms with Crippen molar-refractivity contribution in [2.75, 3.05) is 31.5 Å². The second-order valence-electron chi connectivity index (χ2n) is 9.22. The van der Waals surface area contributed by atoms with Crippen LogP contribution in [0.1, 0.15) is 35.4 Å². The molecule has 0 saturated carbocycles. The van der Waals surface area contributed by atoms with Crippen LogP contribution in [0.15, 0.2) is 48.5 Å². The number of carbonyl (C=O) groups is 2. The van der Waals surface area contributed by atoms with E-state index in [4.69, 9.17) is 0 Å². The summed E-state index contributed by atoms with van der Waals surface area (Å²) < 4.78 is 13.9. The number of aromatic amines is 1. The van der Waals surface area contributed by atoms with Crippen molar-refractivity contribution >= 4 is 29.2 Å². The van der Waals surface area contributed by atoms with Crippen LogP contribution in [-0.4, -0.2) is 47.9 Å². The first kappa shape index (κ1) is 23.1. The van der Waals surface area contributed by atoms with Crippen LogP contribution in [0.5, 0.6) is 0 Å². The van der Waals surface area contributed by atoms with Crippen molar-refractivity contribution in [3.8, 4) is 11.1 Å². The molecular formula is C28H29FN4O2. The number of aryl methyl sites for hydroxylation is 1. The van der Waals surface area contributed by atoms with Gasteiger partial charge in [0.25, 0.3) is 5.91 Å². The molecule has 1 aromatic heterocycles. The summed E-state index contributed by atoms with van der Waals surface area (Å²) >= 11 is 0. The molecular weight excluding hydrogens is 443 g/mol. The Bertz CT molecular complexity index is 1300. The Labute approximate surface area is 204 Å². The number of nitrogens with one attached hydrogen (secondary N) is 3. The second kappa shape index (κ2) is 9.88. The van der Waals surface area contributed by atoms with Crippen molar-refractivity contribution in [2.45, 2.75) is 26.2 Å². The molecule has 0 atom stereocenters. The molecule has 0 spiro atoms. The Morgan fingerprint density at radius 3 is 2.74 bits per heavy atom. The van der Waals surface area contributed by atoms with Gasteiger partial charge in [0.15, 0.2) is 0 Å². The first-order valence-electron chi connectivity index (χ1n) is 12.1. The summed E-state index contributed by atoms with van der Waals surface area (Å²) in [6.07, 6.45) is 4.48. The number of fused-ring (bicyclic) bond motifs is 1. The monoisotopic (exact) mass is 472 g/mol. The van der Waals surface area contributed by atoms with Crippen molar-refractivity contribution in [1.82, 2.24) is 15.2 Å². The molecule has 0 aliphatic carbocycles. The normalized spacial score (nSPS) is 16.5. The highest BCUT2D eigenvalue weighted by atomic mass is 19.1. The van der Waals surface area contributed by atoms with Gasteiger partial charge in [-0.2, -0.15) is 0 Å². The lowest BCUT2D eigenvalue weighted by Gasteiger charge is -2.14. The third kappa shape index (κ3) is 5.05. The van der Waals surface area contributed by atoms with E-state index in [0.29, 0.717) is 23.4 Å². The van der Waals surface area contributed by atoms with E-state index in [2.05, 4.69) is 20.5 Å². The van der Waals surface area contributed by atoms with E-state index in [0.717, 1.165) is 47.7 Å². The summed E-state index contributed by atoms with van der Waals surface area (Å²) in [6.45, 7) is 5.63. The Balaban J connectivity index is 1.40. The predicted octanol–water partition coefficient (Wildman–Crippen LogP) is 4.38. The van der Waals surface area contributed by atoms with Crippen molar-refractivity contribution in [1.29, 1.82) is 0 Å². The topological polar surface area (TPSA) is 77.2 Å². The molecule has 2 aliphatic heterocycles. The van der Waals surface area contributed by atoms with E-state index < -0.39 is 0 Å². The lowest BCUT2D eigenvalue weighted by Crippen LogP contribution is -2.34. The molecule has 2 amide bonds. The van der Waals surface area contributed by atoms with Gasteiger partial charge in [-0.15, -0.1) is 0 Å². The van der Waals surface area contributed by atoms with Gasteiger partial charge in [0.1, 0.15) is 5.82 Å². The number of anilines is 1. The zero-order valence-electron chi connectivity index (χ0n) is 19.8. The smallest absolute Gasteiger partial charge is 0.256 e. The van der Waals surface area contributed by atoms with Crippen LogP contribution in [0.2, 0.25) is 0 Å². The summed E-state index contributed by atoms with van der Waals surface area (Å²) in [4.78, 5) is 31.2. The molecule has 0 radical (unpaired) electrons. The quantitative estimate of drug-likeness (QED) is 0.447. The van der Waals surface area contributed by atoms with E-state index in [-0.39, 0.29) is 24.1 Å². The van der Waals surface area contributed by atoms with Gasteiger partial charge in [0.05, 0.1) is 12.0 Å². The van der Waals surface area contributed by atoms with Crippen LogP contribution in [0.3, 0.4) is 0 Å². The van der Waals surface area contributed by atoms with E-state index in [1.807, 2.05) is 37.3 Å². The molecule has 0 unspecified atom stereocenters. The Morgan fingerprint density at radius 1 is 1.14 bits per heavy atom. The average Bonchev–Trinajstić information content (AvgIpc) is 3.54. The lowest BCUT2D eigenvalue weighted by atomic mass is 9.94. The molecule has 5 rings (SSSR count). The van der Waals surface area contributed by atoms with Gasteiger partial charge >= 0.3 is 0 Å². The van der Waals surface area contributed by atoms with Crippen molar-refractivity contribution < 1.29 is 14.0 Å². The van der Waals surface area contributed by atoms with Crippen LogP contribution in [0.4, 0.5) is 10.1 Å². The zero-order chi connectivity index (χ0) is 24.4. The fraction of sp³-hybridized carbons (Fsp3) is 0.286. The van der Waals surface area contributed by atoms with E-state index in [9.17, 15) is 14.0 Å². The number of H-pyrrole nitrogens is 1. The summed E-state index contributed by atoms with van der Waals surface area (Å²) in [5.41, 5.74) is 5.85. The van der Waals surface area contributed by atoms with Gasteiger partial charge in [0.2, 0.25) is 5.91 Å². The van der Waals surface area contributed by atoms with Crippen molar-refractivity contribution in [2.24, 2.45) is 0 Å². The fourth-order valence-corrected chi connectivity index (χ4v) is 4.97. The minimum Gasteiger partial charge on any atom is -0.359 e. The maximum Gasteiger partial charge on any atom is 0.256 e. The molecule has 2 aliphatic rings. The second-order valence-corrected chi connectivity index (χ2v) is 9.22. The molecule has 3 aromatic rings. The summed E-state index contributed by atoms with van der Waals surface area (Å²) in [5, 5.41) is 5.93. The van der Waals surface area contributed by atoms with E-state index in [1.165, 1.54) is 25.0 Å². The number of benzene rings is 2. The number of aromatic nitrogens is 1. The summed E-state index contributed by atoms with van der Waals surface area (Å²) in [6, 6.07) is 13.9. The highest BCUT2D eigenvalue weighted by Crippen LogP contribution is 2.40. The molecule has 1 fully saturated rings. The van der Waals surface area contributed by atoms with Crippen LogP contribution in [0, 0.1) is 12.7 Å². The van der Waals surface area contributed by atoms with Gasteiger partial charge in [-0.25, -0.2) is 4.39 Å². The number of hydrogen-bond acceptors (Lipinski definition) is 3. The number of carbonyl (C=O) groups excluding carboxylic acids is 2. The van der Waals surface area contributed by atoms with Gasteiger partial charge < -0.3 is 20.5 Å². The maximum absolute atomic E-state index is 13.9. The summed E-state index contributed by atoms with van der Waals surface area (Å²) in [5.74, 6) is -0.599. The minimum atomic E-state index is -0.332.